The van der Waals surface area contributed by atoms with Crippen molar-refractivity contribution in [1.82, 2.24) is 15.3 Å². The van der Waals surface area contributed by atoms with Crippen LogP contribution in [0.1, 0.15) is 74.5 Å². The van der Waals surface area contributed by atoms with Gasteiger partial charge in [0.25, 0.3) is 5.91 Å². The maximum atomic E-state index is 12.2. The summed E-state index contributed by atoms with van der Waals surface area (Å²) in [6.07, 6.45) is 9.65. The van der Waals surface area contributed by atoms with E-state index >= 15 is 0 Å². The number of carbonyl (C=O) groups excluding carboxylic acids is 1. The average Bonchev–Trinajstić information content (AvgIpc) is 2.69. The molecule has 0 bridgehead atoms. The van der Waals surface area contributed by atoms with Gasteiger partial charge in [-0.05, 0) is 51.4 Å². The SMILES string of the molecule is CCCOC1CCC(CCCCN=C(N)NC(=O)c2nc(C)c(N)nc2N)CC1. The van der Waals surface area contributed by atoms with E-state index in [9.17, 15) is 4.79 Å². The number of aliphatic imine (C=N–C) groups is 1. The maximum Gasteiger partial charge on any atom is 0.280 e. The number of guanidine groups is 1. The van der Waals surface area contributed by atoms with Gasteiger partial charge < -0.3 is 21.9 Å². The Morgan fingerprint density at radius 3 is 2.59 bits per heavy atom. The van der Waals surface area contributed by atoms with Gasteiger partial charge in [-0.15, -0.1) is 0 Å². The fourth-order valence-corrected chi connectivity index (χ4v) is 3.54. The number of hydrogen-bond acceptors (Lipinski definition) is 7. The largest absolute Gasteiger partial charge is 0.382 e. The van der Waals surface area contributed by atoms with Crippen LogP contribution in [0.15, 0.2) is 4.99 Å². The lowest BCUT2D eigenvalue weighted by atomic mass is 9.84. The molecular formula is C20H35N7O2. The molecule has 9 nitrogen and oxygen atoms in total. The Balaban J connectivity index is 1.65. The molecule has 1 amide bonds. The Hall–Kier alpha value is -2.42. The number of nitrogen functional groups attached to an aromatic ring is 2. The van der Waals surface area contributed by atoms with Crippen molar-refractivity contribution in [2.24, 2.45) is 16.6 Å². The smallest absolute Gasteiger partial charge is 0.280 e. The number of ether oxygens (including phenoxy) is 1. The predicted molar refractivity (Wildman–Crippen MR) is 115 cm³/mol. The number of aryl methyl sites for hydroxylation is 1. The number of rotatable bonds is 9. The van der Waals surface area contributed by atoms with Gasteiger partial charge in [-0.1, -0.05) is 19.8 Å². The van der Waals surface area contributed by atoms with Crippen LogP contribution in [-0.2, 0) is 4.74 Å². The maximum absolute atomic E-state index is 12.2. The van der Waals surface area contributed by atoms with Gasteiger partial charge >= 0.3 is 0 Å². The molecule has 162 valence electrons. The summed E-state index contributed by atoms with van der Waals surface area (Å²) in [6.45, 7) is 5.25. The van der Waals surface area contributed by atoms with E-state index in [4.69, 9.17) is 21.9 Å². The molecule has 0 aromatic carbocycles. The van der Waals surface area contributed by atoms with Gasteiger partial charge in [0.2, 0.25) is 0 Å². The van der Waals surface area contributed by atoms with Crippen LogP contribution in [0.2, 0.25) is 0 Å². The lowest BCUT2D eigenvalue weighted by Crippen LogP contribution is -2.38. The first-order valence-corrected chi connectivity index (χ1v) is 10.5. The van der Waals surface area contributed by atoms with Crippen LogP contribution in [0.3, 0.4) is 0 Å². The van der Waals surface area contributed by atoms with Gasteiger partial charge in [0.15, 0.2) is 17.5 Å². The van der Waals surface area contributed by atoms with Crippen LogP contribution in [0.25, 0.3) is 0 Å². The molecule has 1 aliphatic carbocycles. The highest BCUT2D eigenvalue weighted by Crippen LogP contribution is 2.29. The van der Waals surface area contributed by atoms with Gasteiger partial charge in [0.1, 0.15) is 5.82 Å². The quantitative estimate of drug-likeness (QED) is 0.279. The molecule has 0 aliphatic heterocycles. The van der Waals surface area contributed by atoms with Crippen molar-refractivity contribution >= 4 is 23.5 Å². The van der Waals surface area contributed by atoms with E-state index in [1.165, 1.54) is 32.1 Å². The fraction of sp³-hybridized carbons (Fsp3) is 0.700. The van der Waals surface area contributed by atoms with Crippen molar-refractivity contribution in [3.63, 3.8) is 0 Å². The van der Waals surface area contributed by atoms with E-state index in [2.05, 4.69) is 27.2 Å². The lowest BCUT2D eigenvalue weighted by Gasteiger charge is -2.28. The molecule has 0 spiro atoms. The van der Waals surface area contributed by atoms with Gasteiger partial charge in [0, 0.05) is 13.2 Å². The second-order valence-electron chi connectivity index (χ2n) is 7.66. The topological polar surface area (TPSA) is 155 Å². The van der Waals surface area contributed by atoms with Crippen molar-refractivity contribution < 1.29 is 9.53 Å². The fourth-order valence-electron chi connectivity index (χ4n) is 3.54. The van der Waals surface area contributed by atoms with Gasteiger partial charge in [-0.25, -0.2) is 9.97 Å². The second-order valence-corrected chi connectivity index (χ2v) is 7.66. The molecule has 1 fully saturated rings. The van der Waals surface area contributed by atoms with Gasteiger partial charge in [-0.3, -0.25) is 15.1 Å². The molecule has 0 radical (unpaired) electrons. The number of anilines is 2. The summed E-state index contributed by atoms with van der Waals surface area (Å²) in [5.74, 6) is 0.462. The molecule has 1 aromatic rings. The molecule has 0 saturated heterocycles. The van der Waals surface area contributed by atoms with E-state index in [-0.39, 0.29) is 23.3 Å². The summed E-state index contributed by atoms with van der Waals surface area (Å²) < 4.78 is 5.84. The van der Waals surface area contributed by atoms with Crippen molar-refractivity contribution in [3.8, 4) is 0 Å². The molecule has 29 heavy (non-hydrogen) atoms. The molecule has 0 unspecified atom stereocenters. The monoisotopic (exact) mass is 405 g/mol. The third-order valence-corrected chi connectivity index (χ3v) is 5.24. The van der Waals surface area contributed by atoms with E-state index in [1.54, 1.807) is 6.92 Å². The Labute approximate surface area is 172 Å². The second kappa shape index (κ2) is 11.5. The standard InChI is InChI=1S/C20H35N7O2/c1-3-12-29-15-9-7-14(8-10-15)6-4-5-11-24-20(23)27-19(28)16-18(22)26-17(21)13(2)25-16/h14-15H,3-12H2,1-2H3,(H4,21,22,26)(H3,23,24,27,28). The first-order chi connectivity index (χ1) is 13.9. The number of hydrogen-bond donors (Lipinski definition) is 4. The number of amides is 1. The molecule has 1 saturated carbocycles. The number of nitrogens with two attached hydrogens (primary N) is 3. The molecule has 2 rings (SSSR count). The van der Waals surface area contributed by atoms with E-state index in [0.29, 0.717) is 18.3 Å². The minimum absolute atomic E-state index is 0.00614. The molecule has 1 aromatic heterocycles. The Kier molecular flexibility index (Phi) is 9.11. The molecule has 9 heteroatoms. The normalized spacial score (nSPS) is 19.9. The Bertz CT molecular complexity index is 700. The molecule has 1 heterocycles. The first-order valence-electron chi connectivity index (χ1n) is 10.5. The number of carbonyl (C=O) groups is 1. The minimum atomic E-state index is -0.540. The third-order valence-electron chi connectivity index (χ3n) is 5.24. The zero-order chi connectivity index (χ0) is 21.2. The van der Waals surface area contributed by atoms with Crippen LogP contribution in [-0.4, -0.2) is 41.1 Å². The lowest BCUT2D eigenvalue weighted by molar-refractivity contribution is 0.0174. The van der Waals surface area contributed by atoms with Crippen molar-refractivity contribution in [2.75, 3.05) is 24.6 Å². The highest BCUT2D eigenvalue weighted by atomic mass is 16.5. The van der Waals surface area contributed by atoms with Crippen molar-refractivity contribution in [1.29, 1.82) is 0 Å². The van der Waals surface area contributed by atoms with E-state index < -0.39 is 5.91 Å². The highest BCUT2D eigenvalue weighted by Gasteiger charge is 2.21. The van der Waals surface area contributed by atoms with Crippen LogP contribution in [0.5, 0.6) is 0 Å². The molecule has 0 atom stereocenters. The van der Waals surface area contributed by atoms with Gasteiger partial charge in [-0.2, -0.15) is 0 Å². The van der Waals surface area contributed by atoms with Crippen LogP contribution in [0, 0.1) is 12.8 Å². The molecular weight excluding hydrogens is 370 g/mol. The van der Waals surface area contributed by atoms with Gasteiger partial charge in [0.05, 0.1) is 11.8 Å². The minimum Gasteiger partial charge on any atom is -0.382 e. The zero-order valence-corrected chi connectivity index (χ0v) is 17.6. The number of nitrogens with one attached hydrogen (secondary N) is 1. The van der Waals surface area contributed by atoms with Crippen LogP contribution in [0.4, 0.5) is 11.6 Å². The summed E-state index contributed by atoms with van der Waals surface area (Å²) in [5, 5.41) is 2.50. The highest BCUT2D eigenvalue weighted by molar-refractivity contribution is 6.06. The van der Waals surface area contributed by atoms with Crippen molar-refractivity contribution in [2.45, 2.75) is 71.3 Å². The summed E-state index contributed by atoms with van der Waals surface area (Å²) in [4.78, 5) is 24.4. The summed E-state index contributed by atoms with van der Waals surface area (Å²) in [5.41, 5.74) is 17.6. The Morgan fingerprint density at radius 1 is 1.17 bits per heavy atom. The van der Waals surface area contributed by atoms with Crippen LogP contribution >= 0.6 is 0 Å². The summed E-state index contributed by atoms with van der Waals surface area (Å²) >= 11 is 0. The van der Waals surface area contributed by atoms with E-state index in [1.807, 2.05) is 0 Å². The van der Waals surface area contributed by atoms with E-state index in [0.717, 1.165) is 31.8 Å². The molecule has 7 N–H and O–H groups in total. The summed E-state index contributed by atoms with van der Waals surface area (Å²) in [6, 6.07) is 0. The third kappa shape index (κ3) is 7.49. The van der Waals surface area contributed by atoms with Crippen molar-refractivity contribution in [3.05, 3.63) is 11.4 Å². The number of unbranched alkanes of at least 4 members (excludes halogenated alkanes) is 1. The number of aromatic nitrogens is 2. The summed E-state index contributed by atoms with van der Waals surface area (Å²) in [7, 11) is 0. The first kappa shape index (κ1) is 22.9. The Morgan fingerprint density at radius 2 is 1.90 bits per heavy atom. The van der Waals surface area contributed by atoms with Crippen LogP contribution < -0.4 is 22.5 Å². The predicted octanol–water partition coefficient (Wildman–Crippen LogP) is 2.15. The number of nitrogens with zero attached hydrogens (tertiary/aromatic N) is 3. The molecule has 1 aliphatic rings. The zero-order valence-electron chi connectivity index (χ0n) is 17.6. The average molecular weight is 406 g/mol.